The first-order chi connectivity index (χ1) is 10.5. The first-order valence-electron chi connectivity index (χ1n) is 6.73. The second kappa shape index (κ2) is 5.18. The number of halogens is 1. The number of nitrogen functional groups attached to an aromatic ring is 1. The van der Waals surface area contributed by atoms with Gasteiger partial charge in [0.15, 0.2) is 11.4 Å². The van der Waals surface area contributed by atoms with Crippen molar-refractivity contribution < 1.29 is 14.3 Å². The van der Waals surface area contributed by atoms with Crippen molar-refractivity contribution in [1.29, 1.82) is 0 Å². The van der Waals surface area contributed by atoms with Crippen molar-refractivity contribution in [2.45, 2.75) is 13.1 Å². The first-order valence-corrected chi connectivity index (χ1v) is 6.73. The number of rotatable bonds is 2. The van der Waals surface area contributed by atoms with E-state index in [1.54, 1.807) is 12.1 Å². The quantitative estimate of drug-likeness (QED) is 0.864. The molecule has 0 unspecified atom stereocenters. The third-order valence-electron chi connectivity index (χ3n) is 3.67. The smallest absolute Gasteiger partial charge is 0.274 e. The highest BCUT2D eigenvalue weighted by Crippen LogP contribution is 2.22. The maximum Gasteiger partial charge on any atom is 0.274 e. The van der Waals surface area contributed by atoms with Crippen molar-refractivity contribution in [3.05, 3.63) is 57.8 Å². The van der Waals surface area contributed by atoms with E-state index >= 15 is 0 Å². The Morgan fingerprint density at radius 1 is 1.18 bits per heavy atom. The molecule has 0 saturated carbocycles. The molecule has 0 saturated heterocycles. The molecule has 6 nitrogen and oxygen atoms in total. The van der Waals surface area contributed by atoms with Crippen LogP contribution in [0.5, 0.6) is 5.75 Å². The molecule has 0 atom stereocenters. The van der Waals surface area contributed by atoms with Gasteiger partial charge < -0.3 is 20.3 Å². The maximum atomic E-state index is 12.9. The number of fused-ring (bicyclic) bond motifs is 1. The van der Waals surface area contributed by atoms with Crippen LogP contribution < -0.4 is 11.2 Å². The van der Waals surface area contributed by atoms with Gasteiger partial charge >= 0.3 is 0 Å². The van der Waals surface area contributed by atoms with Gasteiger partial charge in [-0.3, -0.25) is 9.59 Å². The zero-order valence-corrected chi connectivity index (χ0v) is 11.6. The molecule has 2 aromatic rings. The summed E-state index contributed by atoms with van der Waals surface area (Å²) < 4.78 is 14.4. The second-order valence-corrected chi connectivity index (χ2v) is 5.16. The molecule has 0 bridgehead atoms. The van der Waals surface area contributed by atoms with Gasteiger partial charge in [0.1, 0.15) is 11.5 Å². The summed E-state index contributed by atoms with van der Waals surface area (Å²) in [5.41, 5.74) is 5.37. The van der Waals surface area contributed by atoms with Gasteiger partial charge in [-0.05, 0) is 17.7 Å². The summed E-state index contributed by atoms with van der Waals surface area (Å²) in [5, 5.41) is 9.90. The van der Waals surface area contributed by atoms with Crippen LogP contribution in [0.25, 0.3) is 0 Å². The molecular formula is C15H14FN3O3. The van der Waals surface area contributed by atoms with Crippen LogP contribution in [-0.4, -0.2) is 27.0 Å². The fourth-order valence-corrected chi connectivity index (χ4v) is 2.51. The van der Waals surface area contributed by atoms with Crippen molar-refractivity contribution in [2.75, 3.05) is 12.3 Å². The molecule has 0 spiro atoms. The number of nitrogens with zero attached hydrogens (tertiary/aromatic N) is 2. The van der Waals surface area contributed by atoms with E-state index < -0.39 is 17.1 Å². The van der Waals surface area contributed by atoms with Crippen LogP contribution in [0.1, 0.15) is 16.1 Å². The zero-order chi connectivity index (χ0) is 15.9. The average Bonchev–Trinajstić information content (AvgIpc) is 2.50. The summed E-state index contributed by atoms with van der Waals surface area (Å²) in [6, 6.07) is 5.82. The van der Waals surface area contributed by atoms with E-state index in [1.807, 2.05) is 0 Å². The SMILES string of the molecule is Nc1cn2c(c(O)c1=O)C(=O)N(Cc1ccc(F)cc1)CC2. The van der Waals surface area contributed by atoms with Gasteiger partial charge in [0.2, 0.25) is 5.43 Å². The number of amides is 1. The molecule has 1 amide bonds. The Labute approximate surface area is 125 Å². The number of carbonyl (C=O) groups excluding carboxylic acids is 1. The van der Waals surface area contributed by atoms with E-state index in [-0.39, 0.29) is 23.7 Å². The summed E-state index contributed by atoms with van der Waals surface area (Å²) in [5.74, 6) is -1.43. The van der Waals surface area contributed by atoms with Crippen molar-refractivity contribution in [3.8, 4) is 5.75 Å². The largest absolute Gasteiger partial charge is 0.502 e. The summed E-state index contributed by atoms with van der Waals surface area (Å²) in [6.07, 6.45) is 1.37. The molecule has 3 N–H and O–H groups in total. The van der Waals surface area contributed by atoms with E-state index in [4.69, 9.17) is 5.73 Å². The summed E-state index contributed by atoms with van der Waals surface area (Å²) in [7, 11) is 0. The highest BCUT2D eigenvalue weighted by molar-refractivity contribution is 5.96. The monoisotopic (exact) mass is 303 g/mol. The minimum atomic E-state index is -0.747. The number of carbonyl (C=O) groups is 1. The molecule has 0 fully saturated rings. The molecule has 0 radical (unpaired) electrons. The topological polar surface area (TPSA) is 88.6 Å². The molecule has 3 rings (SSSR count). The van der Waals surface area contributed by atoms with Gasteiger partial charge in [0.25, 0.3) is 5.91 Å². The Morgan fingerprint density at radius 3 is 2.55 bits per heavy atom. The fraction of sp³-hybridized carbons (Fsp3) is 0.200. The minimum absolute atomic E-state index is 0.0624. The predicted octanol–water partition coefficient (Wildman–Crippen LogP) is 0.931. The van der Waals surface area contributed by atoms with Gasteiger partial charge in [-0.1, -0.05) is 12.1 Å². The van der Waals surface area contributed by atoms with Crippen LogP contribution in [0.15, 0.2) is 35.3 Å². The third-order valence-corrected chi connectivity index (χ3v) is 3.67. The summed E-state index contributed by atoms with van der Waals surface area (Å²) in [4.78, 5) is 25.6. The van der Waals surface area contributed by atoms with E-state index in [0.717, 1.165) is 5.56 Å². The Balaban J connectivity index is 1.93. The number of hydrogen-bond donors (Lipinski definition) is 2. The highest BCUT2D eigenvalue weighted by atomic mass is 19.1. The van der Waals surface area contributed by atoms with Crippen LogP contribution >= 0.6 is 0 Å². The van der Waals surface area contributed by atoms with E-state index in [0.29, 0.717) is 13.1 Å². The minimum Gasteiger partial charge on any atom is -0.502 e. The molecule has 2 heterocycles. The molecule has 22 heavy (non-hydrogen) atoms. The lowest BCUT2D eigenvalue weighted by molar-refractivity contribution is 0.0683. The van der Waals surface area contributed by atoms with E-state index in [9.17, 15) is 19.1 Å². The molecular weight excluding hydrogens is 289 g/mol. The van der Waals surface area contributed by atoms with Gasteiger partial charge in [0.05, 0.1) is 0 Å². The lowest BCUT2D eigenvalue weighted by atomic mass is 10.1. The van der Waals surface area contributed by atoms with E-state index in [2.05, 4.69) is 0 Å². The molecule has 7 heteroatoms. The van der Waals surface area contributed by atoms with Crippen LogP contribution in [0.4, 0.5) is 10.1 Å². The van der Waals surface area contributed by atoms with Crippen molar-refractivity contribution >= 4 is 11.6 Å². The number of anilines is 1. The van der Waals surface area contributed by atoms with Crippen LogP contribution in [0.3, 0.4) is 0 Å². The summed E-state index contributed by atoms with van der Waals surface area (Å²) >= 11 is 0. The van der Waals surface area contributed by atoms with Crippen LogP contribution in [0.2, 0.25) is 0 Å². The van der Waals surface area contributed by atoms with Crippen molar-refractivity contribution in [1.82, 2.24) is 9.47 Å². The molecule has 1 aromatic carbocycles. The van der Waals surface area contributed by atoms with Gasteiger partial charge in [-0.25, -0.2) is 4.39 Å². The first kappa shape index (κ1) is 14.1. The second-order valence-electron chi connectivity index (χ2n) is 5.16. The Kier molecular flexibility index (Phi) is 3.32. The fourth-order valence-electron chi connectivity index (χ4n) is 2.51. The Bertz CT molecular complexity index is 799. The summed E-state index contributed by atoms with van der Waals surface area (Å²) in [6.45, 7) is 1.10. The number of hydrogen-bond acceptors (Lipinski definition) is 4. The predicted molar refractivity (Wildman–Crippen MR) is 77.9 cm³/mol. The molecule has 1 aliphatic heterocycles. The number of aromatic hydroxyl groups is 1. The molecule has 1 aliphatic rings. The van der Waals surface area contributed by atoms with Crippen LogP contribution in [-0.2, 0) is 13.1 Å². The van der Waals surface area contributed by atoms with Crippen molar-refractivity contribution in [3.63, 3.8) is 0 Å². The lowest BCUT2D eigenvalue weighted by Gasteiger charge is -2.30. The number of benzene rings is 1. The maximum absolute atomic E-state index is 12.9. The van der Waals surface area contributed by atoms with Gasteiger partial charge in [-0.2, -0.15) is 0 Å². The Morgan fingerprint density at radius 2 is 1.86 bits per heavy atom. The molecule has 114 valence electrons. The molecule has 1 aromatic heterocycles. The van der Waals surface area contributed by atoms with Gasteiger partial charge in [0, 0.05) is 25.8 Å². The number of aromatic nitrogens is 1. The Hall–Kier alpha value is -2.83. The lowest BCUT2D eigenvalue weighted by Crippen LogP contribution is -2.41. The van der Waals surface area contributed by atoms with Crippen LogP contribution in [0, 0.1) is 5.82 Å². The third kappa shape index (κ3) is 2.30. The van der Waals surface area contributed by atoms with Gasteiger partial charge in [-0.15, -0.1) is 0 Å². The zero-order valence-electron chi connectivity index (χ0n) is 11.6. The normalized spacial score (nSPS) is 14.0. The van der Waals surface area contributed by atoms with Crippen molar-refractivity contribution in [2.24, 2.45) is 0 Å². The van der Waals surface area contributed by atoms with E-state index in [1.165, 1.54) is 27.8 Å². The number of nitrogens with two attached hydrogens (primary N) is 1. The highest BCUT2D eigenvalue weighted by Gasteiger charge is 2.29. The average molecular weight is 303 g/mol. The standard InChI is InChI=1S/C15H14FN3O3/c16-10-3-1-9(2-4-10)7-19-6-5-18-8-11(17)13(20)14(21)12(18)15(19)22/h1-4,8,21H,5-7,17H2. The molecule has 0 aliphatic carbocycles. The number of pyridine rings is 1.